The first-order valence-electron chi connectivity index (χ1n) is 11.1. The van der Waals surface area contributed by atoms with E-state index < -0.39 is 10.0 Å². The fourth-order valence-electron chi connectivity index (χ4n) is 3.20. The van der Waals surface area contributed by atoms with Crippen LogP contribution in [0.5, 0.6) is 0 Å². The first kappa shape index (κ1) is 27.2. The molecule has 0 aromatic heterocycles. The highest BCUT2D eigenvalue weighted by molar-refractivity contribution is 7.92. The molecule has 0 atom stereocenters. The molecular weight excluding hydrogens is 450 g/mol. The Kier molecular flexibility index (Phi) is 8.03. The van der Waals surface area contributed by atoms with Crippen molar-refractivity contribution in [1.29, 1.82) is 0 Å². The summed E-state index contributed by atoms with van der Waals surface area (Å²) in [5.74, 6) is -0.333. The zero-order chi connectivity index (χ0) is 25.9. The maximum Gasteiger partial charge on any atom is 0.261 e. The number of nitrogens with zero attached hydrogens (tertiary/aromatic N) is 1. The van der Waals surface area contributed by atoms with E-state index in [1.807, 2.05) is 0 Å². The molecule has 0 radical (unpaired) electrons. The zero-order valence-electron chi connectivity index (χ0n) is 21.1. The number of anilines is 1. The molecule has 0 spiro atoms. The molecule has 0 saturated carbocycles. The van der Waals surface area contributed by atoms with Gasteiger partial charge >= 0.3 is 0 Å². The lowest BCUT2D eigenvalue weighted by atomic mass is 9.81. The van der Waals surface area contributed by atoms with Gasteiger partial charge in [0.25, 0.3) is 15.9 Å². The predicted octanol–water partition coefficient (Wildman–Crippen LogP) is 3.39. The van der Waals surface area contributed by atoms with E-state index in [0.717, 1.165) is 11.1 Å². The third-order valence-corrected chi connectivity index (χ3v) is 6.72. The largest absolute Gasteiger partial charge is 0.370 e. The van der Waals surface area contributed by atoms with E-state index in [4.69, 9.17) is 11.5 Å². The second-order valence-electron chi connectivity index (χ2n) is 10.4. The molecule has 8 nitrogen and oxygen atoms in total. The molecule has 0 unspecified atom stereocenters. The molecular formula is C25H37N5O3S. The van der Waals surface area contributed by atoms with Crippen molar-refractivity contribution in [3.8, 4) is 0 Å². The molecule has 0 saturated heterocycles. The van der Waals surface area contributed by atoms with Crippen LogP contribution in [0.3, 0.4) is 0 Å². The van der Waals surface area contributed by atoms with E-state index in [2.05, 4.69) is 62.6 Å². The molecule has 0 aliphatic rings. The summed E-state index contributed by atoms with van der Waals surface area (Å²) in [5.41, 5.74) is 13.5. The Morgan fingerprint density at radius 2 is 1.50 bits per heavy atom. The third-order valence-electron chi connectivity index (χ3n) is 5.37. The number of amides is 1. The van der Waals surface area contributed by atoms with Crippen LogP contribution in [0.4, 0.5) is 5.69 Å². The quantitative estimate of drug-likeness (QED) is 0.269. The van der Waals surface area contributed by atoms with Crippen molar-refractivity contribution >= 4 is 27.6 Å². The molecule has 0 bridgehead atoms. The van der Waals surface area contributed by atoms with E-state index in [1.165, 1.54) is 0 Å². The minimum Gasteiger partial charge on any atom is -0.370 e. The number of hydrogen-bond donors (Lipinski definition) is 4. The van der Waals surface area contributed by atoms with Gasteiger partial charge in [-0.3, -0.25) is 14.5 Å². The van der Waals surface area contributed by atoms with Gasteiger partial charge in [0.1, 0.15) is 0 Å². The number of aliphatic imine (C=N–C) groups is 1. The van der Waals surface area contributed by atoms with E-state index in [1.54, 1.807) is 37.3 Å². The number of hydrogen-bond acceptors (Lipinski definition) is 4. The molecule has 0 fully saturated rings. The van der Waals surface area contributed by atoms with Gasteiger partial charge in [-0.2, -0.15) is 0 Å². The van der Waals surface area contributed by atoms with Gasteiger partial charge in [-0.1, -0.05) is 47.6 Å². The number of nitrogens with one attached hydrogen (secondary N) is 2. The van der Waals surface area contributed by atoms with Crippen LogP contribution in [0.15, 0.2) is 46.3 Å². The van der Waals surface area contributed by atoms with E-state index in [0.29, 0.717) is 16.8 Å². The first-order chi connectivity index (χ1) is 15.5. The van der Waals surface area contributed by atoms with Gasteiger partial charge in [0.05, 0.1) is 17.1 Å². The molecule has 6 N–H and O–H groups in total. The number of aryl methyl sites for hydroxylation is 1. The molecule has 34 heavy (non-hydrogen) atoms. The summed E-state index contributed by atoms with van der Waals surface area (Å²) < 4.78 is 29.4. The summed E-state index contributed by atoms with van der Waals surface area (Å²) in [4.78, 5) is 16.4. The Morgan fingerprint density at radius 1 is 0.941 bits per heavy atom. The maximum absolute atomic E-state index is 13.3. The van der Waals surface area contributed by atoms with Crippen molar-refractivity contribution in [2.24, 2.45) is 16.5 Å². The van der Waals surface area contributed by atoms with Crippen molar-refractivity contribution in [1.82, 2.24) is 5.32 Å². The molecule has 0 aliphatic heterocycles. The molecule has 186 valence electrons. The van der Waals surface area contributed by atoms with Gasteiger partial charge in [-0.15, -0.1) is 0 Å². The van der Waals surface area contributed by atoms with Crippen LogP contribution < -0.4 is 21.5 Å². The number of rotatable bonds is 7. The summed E-state index contributed by atoms with van der Waals surface area (Å²) in [5, 5.41) is 2.72. The lowest BCUT2D eigenvalue weighted by Crippen LogP contribution is -2.28. The SMILES string of the molecule is Cc1cc(C(=O)NCCN=C(N)N)ccc1NS(=O)(=O)c1cc(C(C)(C)C)cc(C(C)(C)C)c1. The molecule has 9 heteroatoms. The average molecular weight is 488 g/mol. The van der Waals surface area contributed by atoms with Gasteiger partial charge in [0.15, 0.2) is 5.96 Å². The Labute approximate surface area is 203 Å². The molecule has 2 aromatic carbocycles. The van der Waals surface area contributed by atoms with Crippen molar-refractivity contribution in [2.45, 2.75) is 64.2 Å². The number of benzene rings is 2. The first-order valence-corrected chi connectivity index (χ1v) is 12.6. The van der Waals surface area contributed by atoms with Gasteiger partial charge in [-0.05, 0) is 64.8 Å². The number of carbonyl (C=O) groups is 1. The lowest BCUT2D eigenvalue weighted by Gasteiger charge is -2.26. The third kappa shape index (κ3) is 7.21. The molecule has 0 aliphatic carbocycles. The Morgan fingerprint density at radius 3 is 1.97 bits per heavy atom. The fourth-order valence-corrected chi connectivity index (χ4v) is 4.40. The summed E-state index contributed by atoms with van der Waals surface area (Å²) in [6, 6.07) is 10.3. The zero-order valence-corrected chi connectivity index (χ0v) is 21.9. The smallest absolute Gasteiger partial charge is 0.261 e. The van der Waals surface area contributed by atoms with Crippen molar-refractivity contribution in [2.75, 3.05) is 17.8 Å². The average Bonchev–Trinajstić information content (AvgIpc) is 2.70. The number of sulfonamides is 1. The molecule has 0 heterocycles. The van der Waals surface area contributed by atoms with Crippen LogP contribution >= 0.6 is 0 Å². The molecule has 2 aromatic rings. The highest BCUT2D eigenvalue weighted by Gasteiger charge is 2.25. The lowest BCUT2D eigenvalue weighted by molar-refractivity contribution is 0.0954. The number of nitrogens with two attached hydrogens (primary N) is 2. The number of carbonyl (C=O) groups excluding carboxylic acids is 1. The summed E-state index contributed by atoms with van der Waals surface area (Å²) in [6.07, 6.45) is 0. The summed E-state index contributed by atoms with van der Waals surface area (Å²) in [7, 11) is -3.85. The second-order valence-corrected chi connectivity index (χ2v) is 12.1. The van der Waals surface area contributed by atoms with E-state index in [-0.39, 0.29) is 40.7 Å². The molecule has 2 rings (SSSR count). The molecule has 1 amide bonds. The monoisotopic (exact) mass is 487 g/mol. The van der Waals surface area contributed by atoms with Gasteiger partial charge < -0.3 is 16.8 Å². The Bertz CT molecular complexity index is 1150. The normalized spacial score (nSPS) is 12.2. The predicted molar refractivity (Wildman–Crippen MR) is 139 cm³/mol. The van der Waals surface area contributed by atoms with E-state index >= 15 is 0 Å². The van der Waals surface area contributed by atoms with E-state index in [9.17, 15) is 13.2 Å². The maximum atomic E-state index is 13.3. The second kappa shape index (κ2) is 10.0. The number of guanidine groups is 1. The standard InChI is InChI=1S/C25H37N5O3S/c1-16-12-17(22(31)28-10-11-29-23(26)27)8-9-21(16)30-34(32,33)20-14-18(24(2,3)4)13-19(15-20)25(5,6)7/h8-9,12-15,30H,10-11H2,1-7H3,(H,28,31)(H4,26,27,29). The van der Waals surface area contributed by atoms with Gasteiger partial charge in [0.2, 0.25) is 0 Å². The minimum absolute atomic E-state index is 0.0376. The van der Waals surface area contributed by atoms with Crippen molar-refractivity contribution in [3.63, 3.8) is 0 Å². The highest BCUT2D eigenvalue weighted by Crippen LogP contribution is 2.32. The van der Waals surface area contributed by atoms with Crippen LogP contribution in [0.25, 0.3) is 0 Å². The van der Waals surface area contributed by atoms with Gasteiger partial charge in [-0.25, -0.2) is 8.42 Å². The van der Waals surface area contributed by atoms with Gasteiger partial charge in [0, 0.05) is 12.1 Å². The van der Waals surface area contributed by atoms with Crippen LogP contribution in [0.1, 0.15) is 68.6 Å². The van der Waals surface area contributed by atoms with Crippen LogP contribution in [0, 0.1) is 6.92 Å². The summed E-state index contributed by atoms with van der Waals surface area (Å²) in [6.45, 7) is 14.7. The van der Waals surface area contributed by atoms with Crippen LogP contribution in [-0.2, 0) is 20.9 Å². The topological polar surface area (TPSA) is 140 Å². The fraction of sp³-hybridized carbons (Fsp3) is 0.440. The van der Waals surface area contributed by atoms with Crippen molar-refractivity contribution < 1.29 is 13.2 Å². The highest BCUT2D eigenvalue weighted by atomic mass is 32.2. The Balaban J connectivity index is 2.31. The van der Waals surface area contributed by atoms with Crippen LogP contribution in [0.2, 0.25) is 0 Å². The minimum atomic E-state index is -3.85. The van der Waals surface area contributed by atoms with Crippen LogP contribution in [-0.4, -0.2) is 33.4 Å². The summed E-state index contributed by atoms with van der Waals surface area (Å²) >= 11 is 0. The Hall–Kier alpha value is -3.07. The van der Waals surface area contributed by atoms with Crippen molar-refractivity contribution in [3.05, 3.63) is 58.7 Å².